The second kappa shape index (κ2) is 11.1. The second-order valence-electron chi connectivity index (χ2n) is 9.98. The molecule has 0 spiro atoms. The van der Waals surface area contributed by atoms with Crippen LogP contribution in [0.2, 0.25) is 0 Å². The normalized spacial score (nSPS) is 16.8. The summed E-state index contributed by atoms with van der Waals surface area (Å²) in [6.45, 7) is 6.20. The van der Waals surface area contributed by atoms with Crippen molar-refractivity contribution in [2.45, 2.75) is 89.9 Å². The smallest absolute Gasteiger partial charge is 0.407 e. The minimum absolute atomic E-state index is 0.128. The Hall–Kier alpha value is -1.51. The van der Waals surface area contributed by atoms with E-state index in [4.69, 9.17) is 9.31 Å². The van der Waals surface area contributed by atoms with Crippen molar-refractivity contribution >= 4 is 25.9 Å². The van der Waals surface area contributed by atoms with E-state index in [9.17, 15) is 0 Å². The Morgan fingerprint density at radius 2 is 1.38 bits per heavy atom. The van der Waals surface area contributed by atoms with Gasteiger partial charge < -0.3 is 9.31 Å². The molecule has 1 aliphatic heterocycles. The van der Waals surface area contributed by atoms with Gasteiger partial charge in [-0.05, 0) is 47.0 Å². The zero-order valence-corrected chi connectivity index (χ0v) is 20.6. The Labute approximate surface area is 197 Å². The zero-order chi connectivity index (χ0) is 22.4. The Morgan fingerprint density at radius 3 is 2.00 bits per heavy atom. The van der Waals surface area contributed by atoms with Gasteiger partial charge in [0.05, 0.1) is 0 Å². The minimum Gasteiger partial charge on any atom is -0.407 e. The minimum atomic E-state index is -0.211. The van der Waals surface area contributed by atoms with Gasteiger partial charge in [0.1, 0.15) is 7.85 Å². The Balaban J connectivity index is 1.75. The predicted molar refractivity (Wildman–Crippen MR) is 140 cm³/mol. The van der Waals surface area contributed by atoms with Crippen LogP contribution in [0.3, 0.4) is 0 Å². The lowest BCUT2D eigenvalue weighted by Crippen LogP contribution is -2.41. The zero-order valence-electron chi connectivity index (χ0n) is 20.6. The lowest BCUT2D eigenvalue weighted by atomic mass is 9.68. The molecule has 2 aliphatic rings. The van der Waals surface area contributed by atoms with Crippen LogP contribution in [-0.2, 0) is 14.7 Å². The molecule has 4 rings (SSSR count). The van der Waals surface area contributed by atoms with Gasteiger partial charge in [-0.15, -0.1) is 0 Å². The van der Waals surface area contributed by atoms with E-state index in [0.717, 1.165) is 19.6 Å². The van der Waals surface area contributed by atoms with Gasteiger partial charge in [0.15, 0.2) is 0 Å². The fourth-order valence-electron chi connectivity index (χ4n) is 5.82. The van der Waals surface area contributed by atoms with Crippen molar-refractivity contribution in [1.29, 1.82) is 0 Å². The van der Waals surface area contributed by atoms with Crippen LogP contribution in [0.5, 0.6) is 0 Å². The van der Waals surface area contributed by atoms with E-state index < -0.39 is 0 Å². The van der Waals surface area contributed by atoms with Gasteiger partial charge in [-0.25, -0.2) is 0 Å². The molecule has 1 saturated heterocycles. The van der Waals surface area contributed by atoms with Crippen molar-refractivity contribution in [2.75, 3.05) is 13.2 Å². The van der Waals surface area contributed by atoms with Gasteiger partial charge in [-0.1, -0.05) is 107 Å². The van der Waals surface area contributed by atoms with Crippen molar-refractivity contribution in [1.82, 2.24) is 0 Å². The van der Waals surface area contributed by atoms with E-state index in [1.807, 2.05) is 0 Å². The first-order chi connectivity index (χ1) is 15.7. The summed E-state index contributed by atoms with van der Waals surface area (Å²) >= 11 is 0. The van der Waals surface area contributed by atoms with E-state index in [1.165, 1.54) is 91.8 Å². The number of benzene rings is 2. The largest absolute Gasteiger partial charge is 0.493 e. The number of hydrogen-bond donors (Lipinski definition) is 0. The Morgan fingerprint density at radius 1 is 0.781 bits per heavy atom. The van der Waals surface area contributed by atoms with Gasteiger partial charge in [-0.3, -0.25) is 0 Å². The molecule has 1 fully saturated rings. The standard InChI is InChI=1S/C28H40B2O2/c1-3-5-7-9-16-28(17-10-8-6-4-2)26-20-22(29)12-14-24(26)25-15-13-23(21-27(25)28)30-31-18-11-19-32-30/h12-15,20-21H,3-11,16-19,29H2,1-2H3. The molecule has 0 radical (unpaired) electrons. The number of rotatable bonds is 11. The highest BCUT2D eigenvalue weighted by molar-refractivity contribution is 6.61. The first-order valence-electron chi connectivity index (χ1n) is 13.2. The van der Waals surface area contributed by atoms with Gasteiger partial charge in [-0.2, -0.15) is 0 Å². The first-order valence-corrected chi connectivity index (χ1v) is 13.2. The fourth-order valence-corrected chi connectivity index (χ4v) is 5.82. The quantitative estimate of drug-likeness (QED) is 0.357. The van der Waals surface area contributed by atoms with Crippen LogP contribution in [0.4, 0.5) is 0 Å². The number of unbranched alkanes of at least 4 members (excludes halogenated alkanes) is 6. The van der Waals surface area contributed by atoms with Gasteiger partial charge >= 0.3 is 7.12 Å². The summed E-state index contributed by atoms with van der Waals surface area (Å²) in [5.41, 5.74) is 8.69. The van der Waals surface area contributed by atoms with Crippen LogP contribution < -0.4 is 10.9 Å². The molecular weight excluding hydrogens is 390 g/mol. The average molecular weight is 430 g/mol. The maximum Gasteiger partial charge on any atom is 0.493 e. The molecule has 0 saturated carbocycles. The molecule has 2 nitrogen and oxygen atoms in total. The maximum atomic E-state index is 5.99. The van der Waals surface area contributed by atoms with Gasteiger partial charge in [0, 0.05) is 18.6 Å². The first kappa shape index (κ1) is 23.6. The van der Waals surface area contributed by atoms with Crippen molar-refractivity contribution in [3.05, 3.63) is 47.5 Å². The summed E-state index contributed by atoms with van der Waals surface area (Å²) in [7, 11) is 2.04. The third kappa shape index (κ3) is 4.87. The van der Waals surface area contributed by atoms with Crippen LogP contribution in [0.15, 0.2) is 36.4 Å². The number of hydrogen-bond acceptors (Lipinski definition) is 2. The van der Waals surface area contributed by atoms with Crippen molar-refractivity contribution < 1.29 is 9.31 Å². The molecule has 2 aromatic rings. The van der Waals surface area contributed by atoms with E-state index >= 15 is 0 Å². The molecule has 32 heavy (non-hydrogen) atoms. The molecule has 0 unspecified atom stereocenters. The summed E-state index contributed by atoms with van der Waals surface area (Å²) in [6, 6.07) is 14.2. The Bertz CT molecular complexity index is 877. The molecule has 0 aromatic heterocycles. The lowest BCUT2D eigenvalue weighted by molar-refractivity contribution is 0.143. The lowest BCUT2D eigenvalue weighted by Gasteiger charge is -2.33. The average Bonchev–Trinajstić information content (AvgIpc) is 3.09. The third-order valence-corrected chi connectivity index (χ3v) is 7.55. The molecule has 170 valence electrons. The fraction of sp³-hybridized carbons (Fsp3) is 0.571. The molecule has 2 aromatic carbocycles. The highest BCUT2D eigenvalue weighted by Gasteiger charge is 2.43. The number of fused-ring (bicyclic) bond motifs is 3. The summed E-state index contributed by atoms with van der Waals surface area (Å²) in [4.78, 5) is 0. The summed E-state index contributed by atoms with van der Waals surface area (Å²) in [5, 5.41) is 0. The van der Waals surface area contributed by atoms with Gasteiger partial charge in [0.2, 0.25) is 0 Å². The van der Waals surface area contributed by atoms with Crippen LogP contribution in [0, 0.1) is 0 Å². The monoisotopic (exact) mass is 430 g/mol. The van der Waals surface area contributed by atoms with Crippen LogP contribution in [0.1, 0.15) is 95.6 Å². The maximum absolute atomic E-state index is 5.99. The van der Waals surface area contributed by atoms with Crippen LogP contribution in [-0.4, -0.2) is 28.2 Å². The molecule has 0 bridgehead atoms. The third-order valence-electron chi connectivity index (χ3n) is 7.55. The molecule has 1 aliphatic carbocycles. The second-order valence-corrected chi connectivity index (χ2v) is 9.98. The van der Waals surface area contributed by atoms with E-state index in [-0.39, 0.29) is 12.5 Å². The van der Waals surface area contributed by atoms with Crippen molar-refractivity contribution in [3.63, 3.8) is 0 Å². The topological polar surface area (TPSA) is 18.5 Å². The highest BCUT2D eigenvalue weighted by atomic mass is 16.6. The Kier molecular flexibility index (Phi) is 8.18. The van der Waals surface area contributed by atoms with Crippen molar-refractivity contribution in [2.24, 2.45) is 0 Å². The molecule has 1 heterocycles. The molecule has 0 atom stereocenters. The van der Waals surface area contributed by atoms with Crippen LogP contribution >= 0.6 is 0 Å². The van der Waals surface area contributed by atoms with Crippen LogP contribution in [0.25, 0.3) is 11.1 Å². The molecular formula is C28H40B2O2. The van der Waals surface area contributed by atoms with Crippen molar-refractivity contribution in [3.8, 4) is 11.1 Å². The summed E-state index contributed by atoms with van der Waals surface area (Å²) in [6.07, 6.45) is 14.0. The molecule has 4 heteroatoms. The van der Waals surface area contributed by atoms with E-state index in [1.54, 1.807) is 5.56 Å². The van der Waals surface area contributed by atoms with E-state index in [0.29, 0.717) is 0 Å². The SMILES string of the molecule is Bc1ccc2c(c1)C(CCCCCC)(CCCCCC)c1cc(B3OCCCO3)ccc1-2. The van der Waals surface area contributed by atoms with E-state index in [2.05, 4.69) is 58.1 Å². The highest BCUT2D eigenvalue weighted by Crippen LogP contribution is 2.53. The molecule has 0 N–H and O–H groups in total. The summed E-state index contributed by atoms with van der Waals surface area (Å²) < 4.78 is 12.0. The predicted octanol–water partition coefficient (Wildman–Crippen LogP) is 5.28. The van der Waals surface area contributed by atoms with Gasteiger partial charge in [0.25, 0.3) is 0 Å². The molecule has 0 amide bonds. The summed E-state index contributed by atoms with van der Waals surface area (Å²) in [5.74, 6) is 0.